The Labute approximate surface area is 149 Å². The summed E-state index contributed by atoms with van der Waals surface area (Å²) in [6, 6.07) is 11.6. The first-order chi connectivity index (χ1) is 12.1. The Morgan fingerprint density at radius 1 is 1.32 bits per heavy atom. The van der Waals surface area contributed by atoms with Crippen molar-refractivity contribution in [1.29, 1.82) is 0 Å². The van der Waals surface area contributed by atoms with Crippen molar-refractivity contribution >= 4 is 6.03 Å². The summed E-state index contributed by atoms with van der Waals surface area (Å²) < 4.78 is 5.90. The molecule has 3 rings (SSSR count). The SMILES string of the molecule is C[C@@H](c1cccnc1)N(C)C(=O)NCc1ccccc1OCC1CC1. The van der Waals surface area contributed by atoms with Crippen molar-refractivity contribution in [2.24, 2.45) is 5.92 Å². The first-order valence-electron chi connectivity index (χ1n) is 8.76. The Kier molecular flexibility index (Phi) is 5.53. The van der Waals surface area contributed by atoms with E-state index in [4.69, 9.17) is 4.74 Å². The number of nitrogens with one attached hydrogen (secondary N) is 1. The second kappa shape index (κ2) is 8.01. The molecule has 1 aliphatic rings. The fourth-order valence-electron chi connectivity index (χ4n) is 2.60. The maximum absolute atomic E-state index is 12.5. The molecule has 0 aliphatic heterocycles. The fourth-order valence-corrected chi connectivity index (χ4v) is 2.60. The Bertz CT molecular complexity index is 701. The zero-order chi connectivity index (χ0) is 17.6. The number of carbonyl (C=O) groups excluding carboxylic acids is 1. The van der Waals surface area contributed by atoms with Crippen LogP contribution in [0.1, 0.15) is 36.9 Å². The zero-order valence-electron chi connectivity index (χ0n) is 14.8. The van der Waals surface area contributed by atoms with E-state index in [1.165, 1.54) is 12.8 Å². The third kappa shape index (κ3) is 4.72. The van der Waals surface area contributed by atoms with Gasteiger partial charge in [-0.1, -0.05) is 24.3 Å². The van der Waals surface area contributed by atoms with E-state index in [0.717, 1.165) is 23.5 Å². The number of rotatable bonds is 7. The molecule has 1 aromatic heterocycles. The average Bonchev–Trinajstić information content (AvgIpc) is 3.49. The first-order valence-corrected chi connectivity index (χ1v) is 8.76. The Morgan fingerprint density at radius 3 is 2.84 bits per heavy atom. The molecule has 1 heterocycles. The third-order valence-corrected chi connectivity index (χ3v) is 4.64. The monoisotopic (exact) mass is 339 g/mol. The van der Waals surface area contributed by atoms with Crippen LogP contribution in [0.4, 0.5) is 4.79 Å². The number of para-hydroxylation sites is 1. The van der Waals surface area contributed by atoms with Crippen LogP contribution in [-0.2, 0) is 6.54 Å². The summed E-state index contributed by atoms with van der Waals surface area (Å²) in [5.74, 6) is 1.56. The van der Waals surface area contributed by atoms with Gasteiger partial charge in [0.2, 0.25) is 0 Å². The summed E-state index contributed by atoms with van der Waals surface area (Å²) in [5, 5.41) is 2.98. The van der Waals surface area contributed by atoms with E-state index >= 15 is 0 Å². The van der Waals surface area contributed by atoms with E-state index in [0.29, 0.717) is 12.5 Å². The highest BCUT2D eigenvalue weighted by molar-refractivity contribution is 5.74. The summed E-state index contributed by atoms with van der Waals surface area (Å²) in [7, 11) is 1.79. The lowest BCUT2D eigenvalue weighted by molar-refractivity contribution is 0.193. The van der Waals surface area contributed by atoms with Crippen LogP contribution in [0.15, 0.2) is 48.8 Å². The van der Waals surface area contributed by atoms with Gasteiger partial charge >= 0.3 is 6.03 Å². The third-order valence-electron chi connectivity index (χ3n) is 4.64. The minimum absolute atomic E-state index is 0.0462. The molecule has 0 spiro atoms. The minimum Gasteiger partial charge on any atom is -0.493 e. The molecule has 1 N–H and O–H groups in total. The Hall–Kier alpha value is -2.56. The maximum Gasteiger partial charge on any atom is 0.317 e. The van der Waals surface area contributed by atoms with E-state index in [-0.39, 0.29) is 12.1 Å². The highest BCUT2D eigenvalue weighted by Crippen LogP contribution is 2.30. The molecule has 1 fully saturated rings. The molecule has 1 atom stereocenters. The molecule has 2 amide bonds. The van der Waals surface area contributed by atoms with E-state index in [9.17, 15) is 4.79 Å². The van der Waals surface area contributed by atoms with Crippen molar-refractivity contribution < 1.29 is 9.53 Å². The number of carbonyl (C=O) groups is 1. The van der Waals surface area contributed by atoms with Gasteiger partial charge in [0.25, 0.3) is 0 Å². The average molecular weight is 339 g/mol. The number of hydrogen-bond acceptors (Lipinski definition) is 3. The predicted molar refractivity (Wildman–Crippen MR) is 97.3 cm³/mol. The van der Waals surface area contributed by atoms with Crippen LogP contribution in [0.25, 0.3) is 0 Å². The second-order valence-corrected chi connectivity index (χ2v) is 6.59. The van der Waals surface area contributed by atoms with Crippen molar-refractivity contribution in [3.8, 4) is 5.75 Å². The Morgan fingerprint density at radius 2 is 2.12 bits per heavy atom. The second-order valence-electron chi connectivity index (χ2n) is 6.59. The van der Waals surface area contributed by atoms with Gasteiger partial charge in [-0.2, -0.15) is 0 Å². The van der Waals surface area contributed by atoms with Crippen molar-refractivity contribution in [2.45, 2.75) is 32.4 Å². The smallest absolute Gasteiger partial charge is 0.317 e. The van der Waals surface area contributed by atoms with Gasteiger partial charge < -0.3 is 15.0 Å². The topological polar surface area (TPSA) is 54.5 Å². The molecule has 0 bridgehead atoms. The molecular weight excluding hydrogens is 314 g/mol. The van der Waals surface area contributed by atoms with E-state index in [1.54, 1.807) is 24.3 Å². The van der Waals surface area contributed by atoms with Crippen LogP contribution in [0.5, 0.6) is 5.75 Å². The van der Waals surface area contributed by atoms with Crippen molar-refractivity contribution in [3.05, 3.63) is 59.9 Å². The summed E-state index contributed by atoms with van der Waals surface area (Å²) in [6.45, 7) is 3.20. The van der Waals surface area contributed by atoms with Gasteiger partial charge in [-0.15, -0.1) is 0 Å². The molecule has 1 aromatic carbocycles. The summed E-state index contributed by atoms with van der Waals surface area (Å²) in [5.41, 5.74) is 2.01. The van der Waals surface area contributed by atoms with Crippen LogP contribution in [0.3, 0.4) is 0 Å². The van der Waals surface area contributed by atoms with E-state index < -0.39 is 0 Å². The van der Waals surface area contributed by atoms with Crippen LogP contribution in [-0.4, -0.2) is 29.6 Å². The first kappa shape index (κ1) is 17.3. The largest absolute Gasteiger partial charge is 0.493 e. The highest BCUT2D eigenvalue weighted by atomic mass is 16.5. The summed E-state index contributed by atoms with van der Waals surface area (Å²) in [6.07, 6.45) is 6.04. The Balaban J connectivity index is 1.56. The number of ether oxygens (including phenoxy) is 1. The molecule has 25 heavy (non-hydrogen) atoms. The molecule has 5 nitrogen and oxygen atoms in total. The van der Waals surface area contributed by atoms with Gasteiger partial charge in [-0.3, -0.25) is 4.98 Å². The molecule has 0 radical (unpaired) electrons. The number of amides is 2. The highest BCUT2D eigenvalue weighted by Gasteiger charge is 2.22. The summed E-state index contributed by atoms with van der Waals surface area (Å²) >= 11 is 0. The molecule has 132 valence electrons. The van der Waals surface area contributed by atoms with Crippen LogP contribution in [0, 0.1) is 5.92 Å². The van der Waals surface area contributed by atoms with Gasteiger partial charge in [-0.25, -0.2) is 4.79 Å². The van der Waals surface area contributed by atoms with Crippen molar-refractivity contribution in [2.75, 3.05) is 13.7 Å². The van der Waals surface area contributed by atoms with Crippen molar-refractivity contribution in [3.63, 3.8) is 0 Å². The fraction of sp³-hybridized carbons (Fsp3) is 0.400. The molecular formula is C20H25N3O2. The quantitative estimate of drug-likeness (QED) is 0.835. The van der Waals surface area contributed by atoms with E-state index in [2.05, 4.69) is 10.3 Å². The minimum atomic E-state index is -0.117. The standard InChI is InChI=1S/C20H25N3O2/c1-15(17-7-5-11-21-12-17)23(2)20(24)22-13-18-6-3-4-8-19(18)25-14-16-9-10-16/h3-8,11-12,15-16H,9-10,13-14H2,1-2H3,(H,22,24)/t15-/m0/s1. The van der Waals surface area contributed by atoms with Gasteiger partial charge in [0.15, 0.2) is 0 Å². The lowest BCUT2D eigenvalue weighted by Gasteiger charge is -2.25. The lowest BCUT2D eigenvalue weighted by atomic mass is 10.1. The van der Waals surface area contributed by atoms with Crippen LogP contribution < -0.4 is 10.1 Å². The number of hydrogen-bond donors (Lipinski definition) is 1. The lowest BCUT2D eigenvalue weighted by Crippen LogP contribution is -2.38. The molecule has 5 heteroatoms. The van der Waals surface area contributed by atoms with Gasteiger partial charge in [0.1, 0.15) is 5.75 Å². The molecule has 1 saturated carbocycles. The molecule has 2 aromatic rings. The summed E-state index contributed by atoms with van der Waals surface area (Å²) in [4.78, 5) is 18.3. The van der Waals surface area contributed by atoms with Crippen LogP contribution in [0.2, 0.25) is 0 Å². The van der Waals surface area contributed by atoms with Crippen LogP contribution >= 0.6 is 0 Å². The number of benzene rings is 1. The number of urea groups is 1. The van der Waals surface area contributed by atoms with Gasteiger partial charge in [0, 0.05) is 31.5 Å². The van der Waals surface area contributed by atoms with Crippen molar-refractivity contribution in [1.82, 2.24) is 15.2 Å². The maximum atomic E-state index is 12.5. The molecule has 1 aliphatic carbocycles. The number of pyridine rings is 1. The normalized spacial score (nSPS) is 14.6. The number of nitrogens with zero attached hydrogens (tertiary/aromatic N) is 2. The van der Waals surface area contributed by atoms with Gasteiger partial charge in [0.05, 0.1) is 12.6 Å². The molecule has 0 saturated heterocycles. The van der Waals surface area contributed by atoms with Gasteiger partial charge in [-0.05, 0) is 43.4 Å². The predicted octanol–water partition coefficient (Wildman–Crippen LogP) is 3.77. The van der Waals surface area contributed by atoms with E-state index in [1.807, 2.05) is 43.3 Å². The molecule has 0 unspecified atom stereocenters. The zero-order valence-corrected chi connectivity index (χ0v) is 14.8. The number of aromatic nitrogens is 1.